The number of halogens is 4. The number of rotatable bonds is 1. The second kappa shape index (κ2) is 4.81. The van der Waals surface area contributed by atoms with Crippen LogP contribution in [0.3, 0.4) is 0 Å². The van der Waals surface area contributed by atoms with Gasteiger partial charge in [-0.05, 0) is 43.1 Å². The van der Waals surface area contributed by atoms with Gasteiger partial charge in [-0.25, -0.2) is 9.97 Å². The summed E-state index contributed by atoms with van der Waals surface area (Å²) in [4.78, 5) is 7.09. The number of hydrogen-bond donors (Lipinski definition) is 0. The molecule has 100 valence electrons. The van der Waals surface area contributed by atoms with Gasteiger partial charge in [0.2, 0.25) is 5.28 Å². The first-order valence-electron chi connectivity index (χ1n) is 5.47. The molecule has 6 heteroatoms. The van der Waals surface area contributed by atoms with Crippen LogP contribution in [0.25, 0.3) is 11.3 Å². The molecule has 0 saturated carbocycles. The smallest absolute Gasteiger partial charge is 0.218 e. The summed E-state index contributed by atoms with van der Waals surface area (Å²) in [6.07, 6.45) is -4.54. The van der Waals surface area contributed by atoms with Crippen LogP contribution in [0.15, 0.2) is 24.3 Å². The normalized spacial score (nSPS) is 11.7. The lowest BCUT2D eigenvalue weighted by atomic mass is 10.0. The summed E-state index contributed by atoms with van der Waals surface area (Å²) >= 11 is 5.58. The van der Waals surface area contributed by atoms with E-state index in [9.17, 15) is 13.2 Å². The Bertz CT molecular complexity index is 624. The first-order valence-corrected chi connectivity index (χ1v) is 5.84. The monoisotopic (exact) mass is 286 g/mol. The molecule has 0 aliphatic rings. The Kier molecular flexibility index (Phi) is 3.49. The quantitative estimate of drug-likeness (QED) is 0.725. The number of nitrogens with zero attached hydrogens (tertiary/aromatic N) is 2. The SMILES string of the molecule is Cc1ccc(C)c(-c2cc(C(F)(F)F)nc(Cl)n2)c1. The van der Waals surface area contributed by atoms with Gasteiger partial charge in [-0.15, -0.1) is 0 Å². The summed E-state index contributed by atoms with van der Waals surface area (Å²) in [5, 5.41) is -0.411. The summed E-state index contributed by atoms with van der Waals surface area (Å²) in [6, 6.07) is 6.39. The van der Waals surface area contributed by atoms with E-state index in [4.69, 9.17) is 11.6 Å². The first kappa shape index (κ1) is 13.8. The van der Waals surface area contributed by atoms with Crippen molar-refractivity contribution in [1.82, 2.24) is 9.97 Å². The van der Waals surface area contributed by atoms with Crippen LogP contribution >= 0.6 is 11.6 Å². The predicted molar refractivity (Wildman–Crippen MR) is 67.0 cm³/mol. The van der Waals surface area contributed by atoms with Crippen molar-refractivity contribution < 1.29 is 13.2 Å². The highest BCUT2D eigenvalue weighted by Crippen LogP contribution is 2.32. The molecule has 0 aliphatic carbocycles. The van der Waals surface area contributed by atoms with Gasteiger partial charge >= 0.3 is 6.18 Å². The van der Waals surface area contributed by atoms with E-state index in [1.165, 1.54) is 0 Å². The van der Waals surface area contributed by atoms with Crippen molar-refractivity contribution >= 4 is 11.6 Å². The fourth-order valence-corrected chi connectivity index (χ4v) is 1.89. The molecule has 0 radical (unpaired) electrons. The van der Waals surface area contributed by atoms with E-state index in [0.717, 1.165) is 17.2 Å². The number of aromatic nitrogens is 2. The van der Waals surface area contributed by atoms with Crippen molar-refractivity contribution in [1.29, 1.82) is 0 Å². The number of hydrogen-bond acceptors (Lipinski definition) is 2. The van der Waals surface area contributed by atoms with E-state index in [1.807, 2.05) is 19.1 Å². The van der Waals surface area contributed by atoms with Crippen molar-refractivity contribution in [3.8, 4) is 11.3 Å². The average Bonchev–Trinajstić information content (AvgIpc) is 2.30. The maximum atomic E-state index is 12.7. The number of aryl methyl sites for hydroxylation is 2. The Labute approximate surface area is 113 Å². The Hall–Kier alpha value is -1.62. The van der Waals surface area contributed by atoms with Crippen molar-refractivity contribution in [2.45, 2.75) is 20.0 Å². The van der Waals surface area contributed by atoms with Gasteiger partial charge in [0.25, 0.3) is 0 Å². The van der Waals surface area contributed by atoms with Crippen LogP contribution in [0, 0.1) is 13.8 Å². The fraction of sp³-hybridized carbons (Fsp3) is 0.231. The van der Waals surface area contributed by atoms with E-state index < -0.39 is 17.2 Å². The standard InChI is InChI=1S/C13H10ClF3N2/c1-7-3-4-8(2)9(5-7)10-6-11(13(15,16)17)19-12(14)18-10/h3-6H,1-2H3. The highest BCUT2D eigenvalue weighted by molar-refractivity contribution is 6.28. The van der Waals surface area contributed by atoms with Crippen LogP contribution in [-0.4, -0.2) is 9.97 Å². The maximum absolute atomic E-state index is 12.7. The third-order valence-electron chi connectivity index (χ3n) is 2.66. The minimum absolute atomic E-state index is 0.175. The predicted octanol–water partition coefficient (Wildman–Crippen LogP) is 4.43. The molecule has 0 N–H and O–H groups in total. The molecule has 19 heavy (non-hydrogen) atoms. The van der Waals surface area contributed by atoms with Crippen LogP contribution < -0.4 is 0 Å². The lowest BCUT2D eigenvalue weighted by molar-refractivity contribution is -0.141. The molecule has 1 aromatic carbocycles. The van der Waals surface area contributed by atoms with Gasteiger partial charge in [-0.1, -0.05) is 17.7 Å². The van der Waals surface area contributed by atoms with Gasteiger partial charge in [0.05, 0.1) is 5.69 Å². The highest BCUT2D eigenvalue weighted by atomic mass is 35.5. The molecule has 2 rings (SSSR count). The van der Waals surface area contributed by atoms with Gasteiger partial charge < -0.3 is 0 Å². The molecular formula is C13H10ClF3N2. The molecule has 2 aromatic rings. The molecule has 0 saturated heterocycles. The molecular weight excluding hydrogens is 277 g/mol. The van der Waals surface area contributed by atoms with Crippen LogP contribution in [0.5, 0.6) is 0 Å². The zero-order chi connectivity index (χ0) is 14.2. The van der Waals surface area contributed by atoms with Gasteiger partial charge in [0.1, 0.15) is 5.69 Å². The summed E-state index contributed by atoms with van der Waals surface area (Å²) in [5.74, 6) is 0. The Morgan fingerprint density at radius 3 is 2.37 bits per heavy atom. The molecule has 0 unspecified atom stereocenters. The van der Waals surface area contributed by atoms with E-state index in [-0.39, 0.29) is 5.69 Å². The van der Waals surface area contributed by atoms with Crippen LogP contribution in [0.1, 0.15) is 16.8 Å². The fourth-order valence-electron chi connectivity index (χ4n) is 1.71. The Morgan fingerprint density at radius 2 is 1.74 bits per heavy atom. The molecule has 0 aliphatic heterocycles. The lowest BCUT2D eigenvalue weighted by Gasteiger charge is -2.10. The van der Waals surface area contributed by atoms with Crippen LogP contribution in [-0.2, 0) is 6.18 Å². The second-order valence-corrected chi connectivity index (χ2v) is 4.56. The third kappa shape index (κ3) is 3.04. The van der Waals surface area contributed by atoms with E-state index in [2.05, 4.69) is 9.97 Å². The topological polar surface area (TPSA) is 25.8 Å². The minimum Gasteiger partial charge on any atom is -0.218 e. The average molecular weight is 287 g/mol. The van der Waals surface area contributed by atoms with Gasteiger partial charge in [0.15, 0.2) is 0 Å². The first-order chi connectivity index (χ1) is 8.77. The van der Waals surface area contributed by atoms with Gasteiger partial charge in [-0.3, -0.25) is 0 Å². The molecule has 0 bridgehead atoms. The maximum Gasteiger partial charge on any atom is 0.433 e. The van der Waals surface area contributed by atoms with Gasteiger partial charge in [-0.2, -0.15) is 13.2 Å². The molecule has 0 spiro atoms. The highest BCUT2D eigenvalue weighted by Gasteiger charge is 2.33. The lowest BCUT2D eigenvalue weighted by Crippen LogP contribution is -2.09. The van der Waals surface area contributed by atoms with E-state index in [0.29, 0.717) is 5.56 Å². The Balaban J connectivity index is 2.63. The second-order valence-electron chi connectivity index (χ2n) is 4.22. The summed E-state index contributed by atoms with van der Waals surface area (Å²) in [5.41, 5.74) is 1.52. The molecule has 0 amide bonds. The Morgan fingerprint density at radius 1 is 1.05 bits per heavy atom. The largest absolute Gasteiger partial charge is 0.433 e. The molecule has 0 atom stereocenters. The van der Waals surface area contributed by atoms with E-state index >= 15 is 0 Å². The van der Waals surface area contributed by atoms with E-state index in [1.54, 1.807) is 13.0 Å². The summed E-state index contributed by atoms with van der Waals surface area (Å²) in [7, 11) is 0. The van der Waals surface area contributed by atoms with Crippen molar-refractivity contribution in [3.05, 3.63) is 46.4 Å². The molecule has 1 aromatic heterocycles. The number of benzene rings is 1. The van der Waals surface area contributed by atoms with Crippen LogP contribution in [0.2, 0.25) is 5.28 Å². The number of alkyl halides is 3. The molecule has 0 fully saturated rings. The zero-order valence-corrected chi connectivity index (χ0v) is 11.0. The third-order valence-corrected chi connectivity index (χ3v) is 2.83. The van der Waals surface area contributed by atoms with Gasteiger partial charge in [0, 0.05) is 5.56 Å². The van der Waals surface area contributed by atoms with Crippen LogP contribution in [0.4, 0.5) is 13.2 Å². The van der Waals surface area contributed by atoms with Crippen molar-refractivity contribution in [3.63, 3.8) is 0 Å². The minimum atomic E-state index is -4.54. The molecule has 2 nitrogen and oxygen atoms in total. The summed E-state index contributed by atoms with van der Waals surface area (Å²) in [6.45, 7) is 3.66. The van der Waals surface area contributed by atoms with Crippen molar-refractivity contribution in [2.75, 3.05) is 0 Å². The molecule has 1 heterocycles. The van der Waals surface area contributed by atoms with Crippen molar-refractivity contribution in [2.24, 2.45) is 0 Å². The summed E-state index contributed by atoms with van der Waals surface area (Å²) < 4.78 is 38.1. The zero-order valence-electron chi connectivity index (χ0n) is 10.2.